The number of alkyl halides is 3. The van der Waals surface area contributed by atoms with Crippen LogP contribution in [0.15, 0.2) is 22.6 Å². The lowest BCUT2D eigenvalue weighted by atomic mass is 9.39. The third kappa shape index (κ3) is 3.97. The normalized spacial score (nSPS) is 30.8. The Hall–Kier alpha value is -2.24. The summed E-state index contributed by atoms with van der Waals surface area (Å²) in [6, 6.07) is 4.23. The van der Waals surface area contributed by atoms with Gasteiger partial charge in [-0.2, -0.15) is 0 Å². The Bertz CT molecular complexity index is 1030. The predicted octanol–water partition coefficient (Wildman–Crippen LogP) is 3.90. The van der Waals surface area contributed by atoms with Gasteiger partial charge >= 0.3 is 6.36 Å². The first kappa shape index (κ1) is 21.6. The van der Waals surface area contributed by atoms with Crippen LogP contribution >= 0.6 is 11.6 Å². The van der Waals surface area contributed by atoms with E-state index in [9.17, 15) is 22.4 Å². The number of benzene rings is 1. The van der Waals surface area contributed by atoms with Gasteiger partial charge in [0.05, 0.1) is 22.6 Å². The lowest BCUT2D eigenvalue weighted by Gasteiger charge is -2.68. The molecular formula is C20H18ClF4N3O4. The first-order valence-corrected chi connectivity index (χ1v) is 10.4. The van der Waals surface area contributed by atoms with Gasteiger partial charge in [-0.1, -0.05) is 11.6 Å². The smallest absolute Gasteiger partial charge is 0.420 e. The van der Waals surface area contributed by atoms with Crippen molar-refractivity contribution >= 4 is 17.5 Å². The van der Waals surface area contributed by atoms with Gasteiger partial charge in [-0.05, 0) is 37.5 Å². The van der Waals surface area contributed by atoms with Crippen molar-refractivity contribution in [3.63, 3.8) is 0 Å². The van der Waals surface area contributed by atoms with E-state index < -0.39 is 24.4 Å². The number of carbonyl (C=O) groups is 1. The van der Waals surface area contributed by atoms with Crippen molar-refractivity contribution in [1.82, 2.24) is 15.5 Å². The quantitative estimate of drug-likeness (QED) is 0.611. The predicted molar refractivity (Wildman–Crippen MR) is 101 cm³/mol. The maximum Gasteiger partial charge on any atom is 0.522 e. The van der Waals surface area contributed by atoms with Crippen molar-refractivity contribution in [2.45, 2.75) is 61.6 Å². The van der Waals surface area contributed by atoms with Crippen molar-refractivity contribution in [3.05, 3.63) is 34.9 Å². The Morgan fingerprint density at radius 3 is 2.59 bits per heavy atom. The SMILES string of the molecule is O=C(COC1CC(OC(F)(F)F)C1)NC12CC(c3nnc(-c4ccc(Cl)c(F)c4)o3)(C1)C2. The van der Waals surface area contributed by atoms with Crippen molar-refractivity contribution in [3.8, 4) is 11.5 Å². The summed E-state index contributed by atoms with van der Waals surface area (Å²) >= 11 is 5.69. The molecule has 12 heteroatoms. The molecule has 0 atom stereocenters. The first-order valence-electron chi connectivity index (χ1n) is 10.0. The van der Waals surface area contributed by atoms with E-state index in [-0.39, 0.29) is 47.2 Å². The molecule has 1 N–H and O–H groups in total. The van der Waals surface area contributed by atoms with Crippen LogP contribution in [0.4, 0.5) is 17.6 Å². The van der Waals surface area contributed by atoms with Gasteiger partial charge in [0.25, 0.3) is 0 Å². The molecule has 4 fully saturated rings. The van der Waals surface area contributed by atoms with Gasteiger partial charge in [-0.25, -0.2) is 4.39 Å². The van der Waals surface area contributed by atoms with E-state index in [1.165, 1.54) is 12.1 Å². The van der Waals surface area contributed by atoms with E-state index in [4.69, 9.17) is 20.8 Å². The minimum atomic E-state index is -4.66. The molecule has 2 aromatic rings. The van der Waals surface area contributed by atoms with E-state index in [2.05, 4.69) is 20.3 Å². The lowest BCUT2D eigenvalue weighted by molar-refractivity contribution is -0.357. The van der Waals surface area contributed by atoms with Crippen LogP contribution in [0.2, 0.25) is 5.02 Å². The number of hydrogen-bond donors (Lipinski definition) is 1. The van der Waals surface area contributed by atoms with Crippen LogP contribution in [-0.2, 0) is 19.7 Å². The van der Waals surface area contributed by atoms with E-state index in [0.717, 1.165) is 0 Å². The molecule has 4 aliphatic rings. The summed E-state index contributed by atoms with van der Waals surface area (Å²) < 4.78 is 65.0. The number of nitrogens with one attached hydrogen (secondary N) is 1. The molecule has 0 spiro atoms. The van der Waals surface area contributed by atoms with Crippen molar-refractivity contribution in [2.75, 3.05) is 6.61 Å². The van der Waals surface area contributed by atoms with Gasteiger partial charge < -0.3 is 14.5 Å². The number of ether oxygens (including phenoxy) is 2. The summed E-state index contributed by atoms with van der Waals surface area (Å²) in [6.07, 6.45) is -3.87. The number of aromatic nitrogens is 2. The molecule has 2 bridgehead atoms. The molecule has 172 valence electrons. The van der Waals surface area contributed by atoms with Gasteiger partial charge in [0, 0.05) is 23.9 Å². The summed E-state index contributed by atoms with van der Waals surface area (Å²) in [6.45, 7) is -0.217. The number of rotatable bonds is 7. The van der Waals surface area contributed by atoms with Crippen LogP contribution in [0.5, 0.6) is 0 Å². The highest BCUT2D eigenvalue weighted by atomic mass is 35.5. The second-order valence-electron chi connectivity index (χ2n) is 8.77. The summed E-state index contributed by atoms with van der Waals surface area (Å²) in [5.41, 5.74) is -0.236. The fraction of sp³-hybridized carbons (Fsp3) is 0.550. The Labute approximate surface area is 184 Å². The summed E-state index contributed by atoms with van der Waals surface area (Å²) in [7, 11) is 0. The molecule has 32 heavy (non-hydrogen) atoms. The molecular weight excluding hydrogens is 458 g/mol. The highest BCUT2D eigenvalue weighted by molar-refractivity contribution is 6.30. The van der Waals surface area contributed by atoms with E-state index >= 15 is 0 Å². The molecule has 1 aromatic heterocycles. The van der Waals surface area contributed by atoms with Crippen LogP contribution in [0, 0.1) is 5.82 Å². The zero-order valence-corrected chi connectivity index (χ0v) is 17.3. The van der Waals surface area contributed by atoms with E-state index in [1.54, 1.807) is 6.07 Å². The summed E-state index contributed by atoms with van der Waals surface area (Å²) in [5, 5.41) is 11.0. The zero-order valence-electron chi connectivity index (χ0n) is 16.5. The summed E-state index contributed by atoms with van der Waals surface area (Å²) in [4.78, 5) is 12.2. The van der Waals surface area contributed by atoms with Gasteiger partial charge in [-0.3, -0.25) is 9.53 Å². The van der Waals surface area contributed by atoms with Crippen molar-refractivity contribution < 1.29 is 36.2 Å². The molecule has 4 aliphatic carbocycles. The molecule has 0 radical (unpaired) electrons. The maximum absolute atomic E-state index is 13.7. The molecule has 0 aliphatic heterocycles. The fourth-order valence-corrected chi connectivity index (χ4v) is 4.91. The largest absolute Gasteiger partial charge is 0.522 e. The average Bonchev–Trinajstić information content (AvgIpc) is 3.10. The fourth-order valence-electron chi connectivity index (χ4n) is 4.79. The monoisotopic (exact) mass is 475 g/mol. The standard InChI is InChI=1S/C20H18ClF4N3O4/c21-13-2-1-10(3-14(13)22)16-27-28-17(31-16)18-7-19(8-18,9-18)26-15(29)6-30-11-4-12(5-11)32-20(23,24)25/h1-3,11-12H,4-9H2,(H,26,29). The number of hydrogen-bond acceptors (Lipinski definition) is 6. The molecule has 6 rings (SSSR count). The zero-order chi connectivity index (χ0) is 22.7. The van der Waals surface area contributed by atoms with Crippen molar-refractivity contribution in [2.24, 2.45) is 0 Å². The second kappa shape index (κ2) is 7.39. The molecule has 7 nitrogen and oxygen atoms in total. The molecule has 1 amide bonds. The van der Waals surface area contributed by atoms with Crippen LogP contribution < -0.4 is 5.32 Å². The van der Waals surface area contributed by atoms with Gasteiger partial charge in [0.15, 0.2) is 0 Å². The van der Waals surface area contributed by atoms with Crippen LogP contribution in [0.1, 0.15) is 38.0 Å². The third-order valence-electron chi connectivity index (χ3n) is 6.28. The number of halogens is 5. The number of amides is 1. The van der Waals surface area contributed by atoms with E-state index in [1.807, 2.05) is 0 Å². The van der Waals surface area contributed by atoms with Crippen molar-refractivity contribution in [1.29, 1.82) is 0 Å². The Morgan fingerprint density at radius 2 is 1.94 bits per heavy atom. The lowest BCUT2D eigenvalue weighted by Crippen LogP contribution is -2.77. The number of carbonyl (C=O) groups excluding carboxylic acids is 1. The first-order chi connectivity index (χ1) is 15.0. The highest BCUT2D eigenvalue weighted by Crippen LogP contribution is 2.67. The second-order valence-corrected chi connectivity index (χ2v) is 9.18. The molecule has 1 heterocycles. The van der Waals surface area contributed by atoms with E-state index in [0.29, 0.717) is 30.7 Å². The maximum atomic E-state index is 13.7. The summed E-state index contributed by atoms with van der Waals surface area (Å²) in [5.74, 6) is -0.259. The topological polar surface area (TPSA) is 86.5 Å². The third-order valence-corrected chi connectivity index (χ3v) is 6.59. The highest BCUT2D eigenvalue weighted by Gasteiger charge is 2.71. The number of nitrogens with zero attached hydrogens (tertiary/aromatic N) is 2. The Kier molecular flexibility index (Phi) is 4.99. The molecule has 4 saturated carbocycles. The van der Waals surface area contributed by atoms with Crippen LogP contribution in [0.3, 0.4) is 0 Å². The van der Waals surface area contributed by atoms with Crippen LogP contribution in [0.25, 0.3) is 11.5 Å². The minimum absolute atomic E-state index is 0.00124. The van der Waals surface area contributed by atoms with Crippen LogP contribution in [-0.4, -0.2) is 46.8 Å². The Morgan fingerprint density at radius 1 is 1.22 bits per heavy atom. The molecule has 1 aromatic carbocycles. The van der Waals surface area contributed by atoms with Gasteiger partial charge in [0.1, 0.15) is 12.4 Å². The van der Waals surface area contributed by atoms with Gasteiger partial charge in [0.2, 0.25) is 17.7 Å². The Balaban J connectivity index is 1.08. The van der Waals surface area contributed by atoms with Gasteiger partial charge in [-0.15, -0.1) is 23.4 Å². The average molecular weight is 476 g/mol. The minimum Gasteiger partial charge on any atom is -0.420 e. The molecule has 0 saturated heterocycles. The molecule has 0 unspecified atom stereocenters.